The summed E-state index contributed by atoms with van der Waals surface area (Å²) in [6, 6.07) is 64.4. The van der Waals surface area contributed by atoms with Gasteiger partial charge in [0.25, 0.3) is 0 Å². The third kappa shape index (κ3) is 5.77. The van der Waals surface area contributed by atoms with E-state index in [4.69, 9.17) is 0 Å². The quantitative estimate of drug-likeness (QED) is 0.170. The highest BCUT2D eigenvalue weighted by Crippen LogP contribution is 2.55. The minimum Gasteiger partial charge on any atom is -0.333 e. The number of hydrogen-bond acceptors (Lipinski definition) is 2. The summed E-state index contributed by atoms with van der Waals surface area (Å²) in [5, 5.41) is 0. The Morgan fingerprint density at radius 3 is 1.34 bits per heavy atom. The Hall–Kier alpha value is -5.86. The first kappa shape index (κ1) is 31.4. The molecule has 1 atom stereocenters. The Kier molecular flexibility index (Phi) is 8.09. The van der Waals surface area contributed by atoms with E-state index in [2.05, 4.69) is 213 Å². The van der Waals surface area contributed by atoms with Crippen molar-refractivity contribution in [3.05, 3.63) is 198 Å². The molecular formula is C48H42N2. The normalized spacial score (nSPS) is 14.7. The molecule has 1 aliphatic heterocycles. The zero-order valence-electron chi connectivity index (χ0n) is 29.2. The Morgan fingerprint density at radius 1 is 0.440 bits per heavy atom. The van der Waals surface area contributed by atoms with Crippen LogP contribution in [0.25, 0.3) is 22.3 Å². The van der Waals surface area contributed by atoms with Crippen molar-refractivity contribution in [1.29, 1.82) is 0 Å². The third-order valence-electron chi connectivity index (χ3n) is 10.3. The van der Waals surface area contributed by atoms with E-state index in [0.29, 0.717) is 0 Å². The highest BCUT2D eigenvalue weighted by molar-refractivity contribution is 5.80. The van der Waals surface area contributed by atoms with E-state index in [1.165, 1.54) is 55.9 Å². The molecule has 244 valence electrons. The van der Waals surface area contributed by atoms with E-state index >= 15 is 0 Å². The molecule has 0 saturated heterocycles. The minimum atomic E-state index is -0.0374. The van der Waals surface area contributed by atoms with Gasteiger partial charge in [0.05, 0.1) is 6.04 Å². The number of para-hydroxylation sites is 1. The lowest BCUT2D eigenvalue weighted by atomic mass is 9.77. The van der Waals surface area contributed by atoms with Crippen LogP contribution in [0.4, 0.5) is 28.4 Å². The smallest absolute Gasteiger partial charge is 0.0683 e. The number of rotatable bonds is 7. The molecule has 7 aromatic carbocycles. The highest BCUT2D eigenvalue weighted by atomic mass is 15.2. The van der Waals surface area contributed by atoms with Gasteiger partial charge in [-0.2, -0.15) is 0 Å². The topological polar surface area (TPSA) is 6.48 Å². The number of nitrogens with zero attached hydrogens (tertiary/aromatic N) is 2. The van der Waals surface area contributed by atoms with Crippen molar-refractivity contribution in [1.82, 2.24) is 0 Å². The zero-order valence-corrected chi connectivity index (χ0v) is 29.2. The average Bonchev–Trinajstić information content (AvgIpc) is 3.40. The third-order valence-corrected chi connectivity index (χ3v) is 10.3. The lowest BCUT2D eigenvalue weighted by molar-refractivity contribution is 0.449. The molecule has 2 heteroatoms. The number of fused-ring (bicyclic) bond motifs is 1. The van der Waals surface area contributed by atoms with Crippen LogP contribution in [0.1, 0.15) is 42.1 Å². The molecule has 0 fully saturated rings. The summed E-state index contributed by atoms with van der Waals surface area (Å²) < 4.78 is 0. The largest absolute Gasteiger partial charge is 0.333 e. The molecule has 2 nitrogen and oxygen atoms in total. The molecule has 8 rings (SSSR count). The summed E-state index contributed by atoms with van der Waals surface area (Å²) in [5.41, 5.74) is 16.0. The maximum atomic E-state index is 2.53. The summed E-state index contributed by atoms with van der Waals surface area (Å²) in [6.07, 6.45) is 0. The molecule has 0 radical (unpaired) electrons. The molecule has 0 bridgehead atoms. The van der Waals surface area contributed by atoms with Crippen molar-refractivity contribution >= 4 is 28.4 Å². The fraction of sp³-hybridized carbons (Fsp3) is 0.125. The van der Waals surface area contributed by atoms with Gasteiger partial charge >= 0.3 is 0 Å². The van der Waals surface area contributed by atoms with Crippen LogP contribution in [0.3, 0.4) is 0 Å². The lowest BCUT2D eigenvalue weighted by Crippen LogP contribution is -2.30. The minimum absolute atomic E-state index is 0.0374. The van der Waals surface area contributed by atoms with Gasteiger partial charge in [0.1, 0.15) is 0 Å². The molecule has 0 aromatic heterocycles. The first-order valence-electron chi connectivity index (χ1n) is 17.5. The maximum absolute atomic E-state index is 2.53. The van der Waals surface area contributed by atoms with Gasteiger partial charge in [-0.25, -0.2) is 0 Å². The fourth-order valence-electron chi connectivity index (χ4n) is 7.63. The van der Waals surface area contributed by atoms with E-state index in [-0.39, 0.29) is 11.5 Å². The highest BCUT2D eigenvalue weighted by Gasteiger charge is 2.45. The van der Waals surface area contributed by atoms with Crippen LogP contribution in [0, 0.1) is 13.8 Å². The first-order valence-corrected chi connectivity index (χ1v) is 17.5. The van der Waals surface area contributed by atoms with Crippen molar-refractivity contribution in [2.45, 2.75) is 39.2 Å². The zero-order chi connectivity index (χ0) is 34.2. The van der Waals surface area contributed by atoms with E-state index in [1.807, 2.05) is 0 Å². The van der Waals surface area contributed by atoms with Gasteiger partial charge in [0.2, 0.25) is 0 Å². The maximum Gasteiger partial charge on any atom is 0.0683 e. The summed E-state index contributed by atoms with van der Waals surface area (Å²) in [6.45, 7) is 9.00. The monoisotopic (exact) mass is 646 g/mol. The van der Waals surface area contributed by atoms with E-state index < -0.39 is 0 Å². The number of benzene rings is 7. The Balaban J connectivity index is 1.05. The molecule has 1 unspecified atom stereocenters. The molecule has 0 N–H and O–H groups in total. The summed E-state index contributed by atoms with van der Waals surface area (Å²) in [5.74, 6) is 0. The molecule has 1 aliphatic rings. The van der Waals surface area contributed by atoms with Crippen LogP contribution >= 0.6 is 0 Å². The molecule has 0 amide bonds. The van der Waals surface area contributed by atoms with Gasteiger partial charge in [-0.15, -0.1) is 0 Å². The van der Waals surface area contributed by atoms with Crippen LogP contribution in [-0.4, -0.2) is 0 Å². The van der Waals surface area contributed by atoms with Gasteiger partial charge in [-0.1, -0.05) is 146 Å². The predicted molar refractivity (Wildman–Crippen MR) is 212 cm³/mol. The standard InChI is InChI=1S/C48H42N2/c1-34-14-26-41(27-15-34)49(42-28-16-35(2)17-29-42)43-30-22-38(23-31-43)36-18-20-37(21-19-36)39-24-32-44(33-25-39)50-46-13-9-8-12-45(46)48(3,4)47(50)40-10-6-5-7-11-40/h5-33,47H,1-4H3. The SMILES string of the molecule is Cc1ccc(N(c2ccc(C)cc2)c2ccc(-c3ccc(-c4ccc(N5c6ccccc6C(C)(C)C5c5ccccc5)cc4)cc3)cc2)cc1. The van der Waals surface area contributed by atoms with Gasteiger partial charge in [0.15, 0.2) is 0 Å². The van der Waals surface area contributed by atoms with Crippen LogP contribution in [-0.2, 0) is 5.41 Å². The molecule has 0 spiro atoms. The molecule has 0 aliphatic carbocycles. The van der Waals surface area contributed by atoms with Crippen LogP contribution in [0.5, 0.6) is 0 Å². The Morgan fingerprint density at radius 2 is 0.840 bits per heavy atom. The number of aryl methyl sites for hydroxylation is 2. The molecule has 7 aromatic rings. The molecule has 0 saturated carbocycles. The Labute approximate surface area is 296 Å². The number of anilines is 5. The fourth-order valence-corrected chi connectivity index (χ4v) is 7.63. The second-order valence-electron chi connectivity index (χ2n) is 14.1. The lowest BCUT2D eigenvalue weighted by Gasteiger charge is -2.35. The Bertz CT molecular complexity index is 2170. The van der Waals surface area contributed by atoms with Crippen molar-refractivity contribution in [2.75, 3.05) is 9.80 Å². The van der Waals surface area contributed by atoms with Crippen molar-refractivity contribution in [3.63, 3.8) is 0 Å². The molecule has 50 heavy (non-hydrogen) atoms. The second kappa shape index (κ2) is 12.9. The second-order valence-corrected chi connectivity index (χ2v) is 14.1. The van der Waals surface area contributed by atoms with Gasteiger partial charge in [0, 0.05) is 33.9 Å². The van der Waals surface area contributed by atoms with E-state index in [0.717, 1.165) is 17.1 Å². The van der Waals surface area contributed by atoms with E-state index in [1.54, 1.807) is 0 Å². The summed E-state index contributed by atoms with van der Waals surface area (Å²) >= 11 is 0. The summed E-state index contributed by atoms with van der Waals surface area (Å²) in [4.78, 5) is 4.85. The van der Waals surface area contributed by atoms with Crippen molar-refractivity contribution < 1.29 is 0 Å². The molecule has 1 heterocycles. The first-order chi connectivity index (χ1) is 24.4. The number of hydrogen-bond donors (Lipinski definition) is 0. The van der Waals surface area contributed by atoms with Crippen molar-refractivity contribution in [2.24, 2.45) is 0 Å². The van der Waals surface area contributed by atoms with E-state index in [9.17, 15) is 0 Å². The average molecular weight is 647 g/mol. The van der Waals surface area contributed by atoms with Crippen molar-refractivity contribution in [3.8, 4) is 22.3 Å². The molecular weight excluding hydrogens is 605 g/mol. The van der Waals surface area contributed by atoms with Crippen LogP contribution in [0.15, 0.2) is 176 Å². The van der Waals surface area contributed by atoms with Gasteiger partial charge in [-0.3, -0.25) is 0 Å². The van der Waals surface area contributed by atoms with Crippen LogP contribution < -0.4 is 9.80 Å². The van der Waals surface area contributed by atoms with Gasteiger partial charge < -0.3 is 9.80 Å². The summed E-state index contributed by atoms with van der Waals surface area (Å²) in [7, 11) is 0. The predicted octanol–water partition coefficient (Wildman–Crippen LogP) is 13.3. The van der Waals surface area contributed by atoms with Crippen LogP contribution in [0.2, 0.25) is 0 Å². The van der Waals surface area contributed by atoms with Gasteiger partial charge in [-0.05, 0) is 102 Å².